The van der Waals surface area contributed by atoms with Crippen LogP contribution in [0, 0.1) is 11.6 Å². The summed E-state index contributed by atoms with van der Waals surface area (Å²) in [5, 5.41) is 0. The van der Waals surface area contributed by atoms with Crippen LogP contribution in [0.3, 0.4) is 0 Å². The summed E-state index contributed by atoms with van der Waals surface area (Å²) in [5.41, 5.74) is 17.1. The maximum atomic E-state index is 17.0. The molecule has 0 N–H and O–H groups in total. The summed E-state index contributed by atoms with van der Waals surface area (Å²) in [4.78, 5) is 6.68. The van der Waals surface area contributed by atoms with Crippen LogP contribution in [-0.2, 0) is 20.7 Å². The zero-order chi connectivity index (χ0) is 49.3. The Morgan fingerprint density at radius 1 is 0.471 bits per heavy atom. The minimum atomic E-state index is -0.623. The van der Waals surface area contributed by atoms with Gasteiger partial charge in [-0.2, -0.15) is 0 Å². The Hall–Kier alpha value is -6.19. The molecule has 70 heavy (non-hydrogen) atoms. The van der Waals surface area contributed by atoms with Gasteiger partial charge in [-0.05, 0) is 27.4 Å². The summed E-state index contributed by atoms with van der Waals surface area (Å²) in [6, 6.07) is 59.4. The Balaban J connectivity index is 1.40. The molecule has 8 aromatic rings. The van der Waals surface area contributed by atoms with Crippen LogP contribution in [0.2, 0.25) is 0 Å². The molecule has 3 nitrogen and oxygen atoms in total. The molecule has 10 rings (SSSR count). The van der Waals surface area contributed by atoms with E-state index in [4.69, 9.17) is 0 Å². The number of para-hydroxylation sites is 2. The average molecular weight is 1040 g/mol. The molecular formula is C63H62BF2IN3-. The molecule has 2 aliphatic rings. The first-order valence-electron chi connectivity index (χ1n) is 24.6. The Morgan fingerprint density at radius 2 is 0.986 bits per heavy atom. The topological polar surface area (TPSA) is 9.72 Å². The Labute approximate surface area is 425 Å². The summed E-state index contributed by atoms with van der Waals surface area (Å²) in [6.45, 7) is 22.3. The number of fused-ring (bicyclic) bond motifs is 4. The van der Waals surface area contributed by atoms with Gasteiger partial charge in [0.2, 0.25) is 0 Å². The van der Waals surface area contributed by atoms with E-state index in [1.54, 1.807) is 0 Å². The van der Waals surface area contributed by atoms with Crippen molar-refractivity contribution in [2.75, 3.05) is 19.1 Å². The van der Waals surface area contributed by atoms with Crippen LogP contribution in [0.25, 0.3) is 11.1 Å². The van der Waals surface area contributed by atoms with Crippen molar-refractivity contribution >= 4 is 74.3 Å². The van der Waals surface area contributed by atoms with Gasteiger partial charge in [0.05, 0.1) is 0 Å². The fourth-order valence-corrected chi connectivity index (χ4v) is 11.9. The van der Waals surface area contributed by atoms with Gasteiger partial charge >= 0.3 is 296 Å². The van der Waals surface area contributed by atoms with Gasteiger partial charge in [0.15, 0.2) is 0 Å². The molecule has 0 fully saturated rings. The van der Waals surface area contributed by atoms with Crippen LogP contribution in [0.5, 0.6) is 0 Å². The average Bonchev–Trinajstić information content (AvgIpc) is 3.33. The van der Waals surface area contributed by atoms with E-state index in [1.165, 1.54) is 39.3 Å². The van der Waals surface area contributed by atoms with Crippen molar-refractivity contribution in [1.29, 1.82) is 0 Å². The summed E-state index contributed by atoms with van der Waals surface area (Å²) in [5.74, 6) is -1.25. The summed E-state index contributed by atoms with van der Waals surface area (Å²) < 4.78 is 36.2. The number of hydrogen-bond acceptors (Lipinski definition) is 3. The number of alkyl halides is 2. The SMILES string of the molecule is CC[I-]Cc1cccc(N(c2ccccc2)c2cc3c4c(c2)N(c2c(F)cccc2F)c2ccc(C(C)(C)C)cc2B4c2cc(C(C)(C)C)ccc2N3c2cc(C(C)(C)C)ccc2-c2ccccc2)c1. The van der Waals surface area contributed by atoms with E-state index >= 15 is 8.78 Å². The molecule has 7 heteroatoms. The van der Waals surface area contributed by atoms with Crippen molar-refractivity contribution in [2.24, 2.45) is 0 Å². The molecule has 0 bridgehead atoms. The van der Waals surface area contributed by atoms with Gasteiger partial charge in [0.25, 0.3) is 0 Å². The second-order valence-corrected chi connectivity index (χ2v) is 25.3. The minimum absolute atomic E-state index is 0.0148. The molecule has 8 aromatic carbocycles. The van der Waals surface area contributed by atoms with Gasteiger partial charge in [-0.3, -0.25) is 0 Å². The molecule has 0 spiro atoms. The van der Waals surface area contributed by atoms with Crippen LogP contribution in [0.15, 0.2) is 170 Å². The van der Waals surface area contributed by atoms with E-state index in [1.807, 2.05) is 11.0 Å². The van der Waals surface area contributed by atoms with E-state index in [2.05, 4.69) is 225 Å². The predicted molar refractivity (Wildman–Crippen MR) is 291 cm³/mol. The number of rotatable bonds is 9. The first kappa shape index (κ1) is 47.5. The third-order valence-corrected chi connectivity index (χ3v) is 16.5. The van der Waals surface area contributed by atoms with E-state index < -0.39 is 11.6 Å². The van der Waals surface area contributed by atoms with E-state index in [9.17, 15) is 0 Å². The molecule has 0 saturated carbocycles. The van der Waals surface area contributed by atoms with E-state index in [0.29, 0.717) is 0 Å². The second-order valence-electron chi connectivity index (χ2n) is 21.9. The molecule has 0 saturated heterocycles. The van der Waals surface area contributed by atoms with Crippen LogP contribution < -0.4 is 52.3 Å². The summed E-state index contributed by atoms with van der Waals surface area (Å²) >= 11 is 0.0148. The Kier molecular flexibility index (Phi) is 12.4. The number of halogens is 3. The van der Waals surface area contributed by atoms with Gasteiger partial charge in [-0.1, -0.05) is 105 Å². The summed E-state index contributed by atoms with van der Waals surface area (Å²) in [6.07, 6.45) is 0. The monoisotopic (exact) mass is 1040 g/mol. The normalized spacial score (nSPS) is 13.3. The van der Waals surface area contributed by atoms with Crippen molar-refractivity contribution < 1.29 is 30.0 Å². The first-order valence-corrected chi connectivity index (χ1v) is 27.7. The second kappa shape index (κ2) is 18.2. The molecular weight excluding hydrogens is 974 g/mol. The van der Waals surface area contributed by atoms with Crippen molar-refractivity contribution in [3.63, 3.8) is 0 Å². The molecule has 0 aliphatic carbocycles. The van der Waals surface area contributed by atoms with Gasteiger partial charge in [0, 0.05) is 0 Å². The first-order chi connectivity index (χ1) is 33.4. The van der Waals surface area contributed by atoms with Crippen LogP contribution in [0.1, 0.15) is 91.5 Å². The fraction of sp³-hybridized carbons (Fsp3) is 0.238. The fourth-order valence-electron chi connectivity index (χ4n) is 10.3. The molecule has 0 atom stereocenters. The van der Waals surface area contributed by atoms with Crippen LogP contribution in [0.4, 0.5) is 60.0 Å². The molecule has 0 amide bonds. The van der Waals surface area contributed by atoms with Gasteiger partial charge in [-0.15, -0.1) is 0 Å². The zero-order valence-corrected chi connectivity index (χ0v) is 44.3. The quantitative estimate of drug-likeness (QED) is 0.0810. The van der Waals surface area contributed by atoms with Gasteiger partial charge < -0.3 is 0 Å². The third-order valence-electron chi connectivity index (χ3n) is 14.0. The molecule has 354 valence electrons. The van der Waals surface area contributed by atoms with Crippen molar-refractivity contribution in [3.8, 4) is 11.1 Å². The van der Waals surface area contributed by atoms with Crippen molar-refractivity contribution in [2.45, 2.75) is 89.9 Å². The third kappa shape index (κ3) is 8.62. The van der Waals surface area contributed by atoms with Gasteiger partial charge in [-0.25, -0.2) is 0 Å². The van der Waals surface area contributed by atoms with Crippen molar-refractivity contribution in [1.82, 2.24) is 0 Å². The number of hydrogen-bond donors (Lipinski definition) is 0. The number of benzene rings is 8. The molecule has 0 aromatic heterocycles. The van der Waals surface area contributed by atoms with E-state index in [-0.39, 0.29) is 49.9 Å². The van der Waals surface area contributed by atoms with Crippen LogP contribution >= 0.6 is 0 Å². The zero-order valence-electron chi connectivity index (χ0n) is 42.1. The molecule has 0 unspecified atom stereocenters. The Morgan fingerprint density at radius 3 is 1.57 bits per heavy atom. The molecule has 0 radical (unpaired) electrons. The number of nitrogens with zero attached hydrogens (tertiary/aromatic N) is 3. The number of anilines is 9. The molecule has 2 aliphatic heterocycles. The van der Waals surface area contributed by atoms with E-state index in [0.717, 1.165) is 83.0 Å². The standard InChI is InChI=1S/C63H62BF2IN3/c1-11-67-40-41-20-18-25-47(34-41)68(46-23-16-13-17-24-46)48-38-57-59-58(39-48)70(60-52(65)26-19-27-53(60)66)55-33-30-44(62(5,6)7)36-51(55)64(59)50-35-43(61(2,3)4)29-32-54(50)69(57)56-37-45(63(8,9)10)28-31-49(56)42-21-14-12-15-22-42/h12-39H,11,40H2,1-10H3/q-1. The van der Waals surface area contributed by atoms with Crippen molar-refractivity contribution in [3.05, 3.63) is 204 Å². The van der Waals surface area contributed by atoms with Gasteiger partial charge in [0.1, 0.15) is 0 Å². The predicted octanol–water partition coefficient (Wildman–Crippen LogP) is 12.7. The maximum absolute atomic E-state index is 17.0. The van der Waals surface area contributed by atoms with Crippen LogP contribution in [-0.4, -0.2) is 11.1 Å². The molecule has 2 heterocycles. The summed E-state index contributed by atoms with van der Waals surface area (Å²) in [7, 11) is 0. The Bertz CT molecular complexity index is 3240.